The fourth-order valence-corrected chi connectivity index (χ4v) is 3.18. The summed E-state index contributed by atoms with van der Waals surface area (Å²) in [6, 6.07) is 15.0. The van der Waals surface area contributed by atoms with Gasteiger partial charge in [0, 0.05) is 35.0 Å². The minimum atomic E-state index is -0.164. The van der Waals surface area contributed by atoms with Gasteiger partial charge in [0.15, 0.2) is 5.78 Å². The van der Waals surface area contributed by atoms with Crippen molar-refractivity contribution in [1.82, 2.24) is 4.98 Å². The molecule has 1 aromatic heterocycles. The number of carbonyl (C=O) groups is 2. The molecule has 0 atom stereocenters. The van der Waals surface area contributed by atoms with E-state index in [4.69, 9.17) is 0 Å². The predicted molar refractivity (Wildman–Crippen MR) is 106 cm³/mol. The van der Waals surface area contributed by atoms with Gasteiger partial charge < -0.3 is 5.32 Å². The van der Waals surface area contributed by atoms with Crippen LogP contribution >= 0.6 is 11.3 Å². The Balaban J connectivity index is 1.53. The number of amides is 1. The summed E-state index contributed by atoms with van der Waals surface area (Å²) in [5.41, 5.74) is 4.42. The van der Waals surface area contributed by atoms with Gasteiger partial charge in [-0.05, 0) is 26.0 Å². The Bertz CT molecular complexity index is 912. The van der Waals surface area contributed by atoms with Crippen LogP contribution in [0.1, 0.15) is 33.8 Å². The third kappa shape index (κ3) is 4.64. The first-order valence-corrected chi connectivity index (χ1v) is 9.31. The molecule has 0 unspecified atom stereocenters. The van der Waals surface area contributed by atoms with Crippen LogP contribution in [0.3, 0.4) is 0 Å². The zero-order valence-electron chi connectivity index (χ0n) is 14.8. The van der Waals surface area contributed by atoms with Crippen LogP contribution in [0.25, 0.3) is 11.3 Å². The minimum absolute atomic E-state index is 0.0191. The third-order valence-corrected chi connectivity index (χ3v) is 4.81. The van der Waals surface area contributed by atoms with E-state index in [0.29, 0.717) is 11.3 Å². The number of anilines is 1. The maximum atomic E-state index is 12.1. The van der Waals surface area contributed by atoms with E-state index in [1.165, 1.54) is 0 Å². The highest BCUT2D eigenvalue weighted by Crippen LogP contribution is 2.23. The highest BCUT2D eigenvalue weighted by molar-refractivity contribution is 7.09. The Labute approximate surface area is 156 Å². The van der Waals surface area contributed by atoms with E-state index < -0.39 is 0 Å². The monoisotopic (exact) mass is 364 g/mol. The normalized spacial score (nSPS) is 10.5. The smallest absolute Gasteiger partial charge is 0.224 e. The first-order chi connectivity index (χ1) is 12.5. The minimum Gasteiger partial charge on any atom is -0.326 e. The van der Waals surface area contributed by atoms with Crippen molar-refractivity contribution in [2.24, 2.45) is 0 Å². The fourth-order valence-electron chi connectivity index (χ4n) is 2.55. The molecule has 1 amide bonds. The zero-order valence-corrected chi connectivity index (χ0v) is 15.6. The van der Waals surface area contributed by atoms with Crippen molar-refractivity contribution in [3.8, 4) is 11.3 Å². The molecule has 3 rings (SSSR count). The van der Waals surface area contributed by atoms with Crippen molar-refractivity contribution in [2.45, 2.75) is 26.7 Å². The first-order valence-electron chi connectivity index (χ1n) is 8.43. The molecule has 0 saturated heterocycles. The number of rotatable bonds is 6. The van der Waals surface area contributed by atoms with Gasteiger partial charge in [-0.1, -0.05) is 42.0 Å². The summed E-state index contributed by atoms with van der Waals surface area (Å²) in [5.74, 6) is -0.183. The molecule has 0 spiro atoms. The molecule has 2 aromatic carbocycles. The number of Topliss-reactive ketones (excluding diaryl/α,β-unsaturated/α-hetero) is 1. The molecule has 26 heavy (non-hydrogen) atoms. The second kappa shape index (κ2) is 8.06. The van der Waals surface area contributed by atoms with E-state index in [-0.39, 0.29) is 24.5 Å². The molecule has 0 aliphatic rings. The predicted octanol–water partition coefficient (Wildman–Crippen LogP) is 5.03. The Morgan fingerprint density at radius 3 is 2.27 bits per heavy atom. The van der Waals surface area contributed by atoms with Crippen LogP contribution in [0.4, 0.5) is 5.69 Å². The van der Waals surface area contributed by atoms with Gasteiger partial charge in [0.2, 0.25) is 5.91 Å². The summed E-state index contributed by atoms with van der Waals surface area (Å²) in [7, 11) is 0. The molecular formula is C21H20N2O2S. The van der Waals surface area contributed by atoms with E-state index in [1.807, 2.05) is 55.6 Å². The van der Waals surface area contributed by atoms with E-state index >= 15 is 0 Å². The van der Waals surface area contributed by atoms with Gasteiger partial charge in [-0.3, -0.25) is 9.59 Å². The Morgan fingerprint density at radius 1 is 0.962 bits per heavy atom. The number of nitrogens with one attached hydrogen (secondary N) is 1. The first kappa shape index (κ1) is 18.0. The molecule has 1 heterocycles. The summed E-state index contributed by atoms with van der Waals surface area (Å²) in [5, 5.41) is 5.87. The number of nitrogens with zero attached hydrogens (tertiary/aromatic N) is 1. The molecule has 132 valence electrons. The summed E-state index contributed by atoms with van der Waals surface area (Å²) >= 11 is 1.61. The van der Waals surface area contributed by atoms with E-state index in [9.17, 15) is 9.59 Å². The van der Waals surface area contributed by atoms with Crippen LogP contribution in [-0.2, 0) is 4.79 Å². The number of carbonyl (C=O) groups excluding carboxylic acids is 2. The molecular weight excluding hydrogens is 344 g/mol. The van der Waals surface area contributed by atoms with E-state index in [1.54, 1.807) is 23.5 Å². The molecule has 0 aliphatic heterocycles. The number of aryl methyl sites for hydroxylation is 2. The lowest BCUT2D eigenvalue weighted by atomic mass is 10.0. The third-order valence-electron chi connectivity index (χ3n) is 4.04. The lowest BCUT2D eigenvalue weighted by Crippen LogP contribution is -2.13. The van der Waals surface area contributed by atoms with E-state index in [0.717, 1.165) is 21.8 Å². The SMILES string of the molecule is Cc1ccc(C(=O)CCC(=O)Nc2ccc(-c3csc(C)n3)cc2)cc1. The summed E-state index contributed by atoms with van der Waals surface area (Å²) in [6.07, 6.45) is 0.366. The second-order valence-corrected chi connectivity index (χ2v) is 7.23. The van der Waals surface area contributed by atoms with Crippen LogP contribution in [0.15, 0.2) is 53.9 Å². The molecule has 1 N–H and O–H groups in total. The summed E-state index contributed by atoms with van der Waals surface area (Å²) in [4.78, 5) is 28.7. The van der Waals surface area contributed by atoms with Gasteiger partial charge in [-0.15, -0.1) is 11.3 Å². The lowest BCUT2D eigenvalue weighted by molar-refractivity contribution is -0.116. The van der Waals surface area contributed by atoms with Crippen LogP contribution in [0, 0.1) is 13.8 Å². The molecule has 3 aromatic rings. The van der Waals surface area contributed by atoms with E-state index in [2.05, 4.69) is 10.3 Å². The zero-order chi connectivity index (χ0) is 18.5. The number of aromatic nitrogens is 1. The molecule has 0 bridgehead atoms. The van der Waals surface area contributed by atoms with Gasteiger partial charge >= 0.3 is 0 Å². The number of ketones is 1. The number of thiazole rings is 1. The Kier molecular flexibility index (Phi) is 5.58. The van der Waals surface area contributed by atoms with Crippen LogP contribution in [0.5, 0.6) is 0 Å². The Morgan fingerprint density at radius 2 is 1.65 bits per heavy atom. The molecule has 4 nitrogen and oxygen atoms in total. The molecule has 0 saturated carbocycles. The highest BCUT2D eigenvalue weighted by atomic mass is 32.1. The highest BCUT2D eigenvalue weighted by Gasteiger charge is 2.10. The van der Waals surface area contributed by atoms with Crippen molar-refractivity contribution in [2.75, 3.05) is 5.32 Å². The lowest BCUT2D eigenvalue weighted by Gasteiger charge is -2.06. The molecule has 0 aliphatic carbocycles. The van der Waals surface area contributed by atoms with Gasteiger partial charge in [0.25, 0.3) is 0 Å². The standard InChI is InChI=1S/C21H20N2O2S/c1-14-3-5-17(6-4-14)20(24)11-12-21(25)23-18-9-7-16(8-10-18)19-13-26-15(2)22-19/h3-10,13H,11-12H2,1-2H3,(H,23,25). The largest absolute Gasteiger partial charge is 0.326 e. The topological polar surface area (TPSA) is 59.1 Å². The maximum absolute atomic E-state index is 12.1. The fraction of sp³-hybridized carbons (Fsp3) is 0.190. The molecule has 0 fully saturated rings. The van der Waals surface area contributed by atoms with Gasteiger partial charge in [-0.2, -0.15) is 0 Å². The quantitative estimate of drug-likeness (QED) is 0.624. The van der Waals surface area contributed by atoms with Crippen molar-refractivity contribution < 1.29 is 9.59 Å². The number of benzene rings is 2. The van der Waals surface area contributed by atoms with Crippen molar-refractivity contribution in [3.63, 3.8) is 0 Å². The molecule has 0 radical (unpaired) electrons. The van der Waals surface area contributed by atoms with Crippen LogP contribution < -0.4 is 5.32 Å². The number of hydrogen-bond acceptors (Lipinski definition) is 4. The van der Waals surface area contributed by atoms with Gasteiger partial charge in [0.1, 0.15) is 0 Å². The van der Waals surface area contributed by atoms with Crippen molar-refractivity contribution in [1.29, 1.82) is 0 Å². The van der Waals surface area contributed by atoms with Gasteiger partial charge in [-0.25, -0.2) is 4.98 Å². The van der Waals surface area contributed by atoms with Crippen molar-refractivity contribution in [3.05, 3.63) is 70.0 Å². The maximum Gasteiger partial charge on any atom is 0.224 e. The molecule has 5 heteroatoms. The Hall–Kier alpha value is -2.79. The average molecular weight is 364 g/mol. The second-order valence-electron chi connectivity index (χ2n) is 6.17. The van der Waals surface area contributed by atoms with Gasteiger partial charge in [0.05, 0.1) is 10.7 Å². The summed E-state index contributed by atoms with van der Waals surface area (Å²) < 4.78 is 0. The average Bonchev–Trinajstić information content (AvgIpc) is 3.07. The number of hydrogen-bond donors (Lipinski definition) is 1. The van der Waals surface area contributed by atoms with Crippen molar-refractivity contribution >= 4 is 28.7 Å². The van der Waals surface area contributed by atoms with Crippen LogP contribution in [-0.4, -0.2) is 16.7 Å². The van der Waals surface area contributed by atoms with Crippen LogP contribution in [0.2, 0.25) is 0 Å². The summed E-state index contributed by atoms with van der Waals surface area (Å²) in [6.45, 7) is 3.95.